The predicted molar refractivity (Wildman–Crippen MR) is 112 cm³/mol. The SMILES string of the molecule is COc1ccc(CN(C)C(C)C(=O)c2[nH]c(C)c(C(C)=O)c2C)c(OC)c1OC. The summed E-state index contributed by atoms with van der Waals surface area (Å²) in [5, 5.41) is 0. The van der Waals surface area contributed by atoms with Crippen molar-refractivity contribution < 1.29 is 23.8 Å². The molecule has 2 aromatic rings. The van der Waals surface area contributed by atoms with Crippen LogP contribution in [0.5, 0.6) is 17.2 Å². The molecule has 1 aromatic heterocycles. The molecule has 0 spiro atoms. The number of H-pyrrole nitrogens is 1. The summed E-state index contributed by atoms with van der Waals surface area (Å²) in [5.41, 5.74) is 3.35. The smallest absolute Gasteiger partial charge is 0.203 e. The minimum Gasteiger partial charge on any atom is -0.493 e. The molecule has 0 saturated carbocycles. The van der Waals surface area contributed by atoms with E-state index in [2.05, 4.69) is 4.98 Å². The number of hydrogen-bond acceptors (Lipinski definition) is 6. The van der Waals surface area contributed by atoms with Crippen molar-refractivity contribution >= 4 is 11.6 Å². The molecule has 1 N–H and O–H groups in total. The van der Waals surface area contributed by atoms with E-state index < -0.39 is 6.04 Å². The van der Waals surface area contributed by atoms with Crippen LogP contribution in [0.1, 0.15) is 51.5 Å². The van der Waals surface area contributed by atoms with Crippen molar-refractivity contribution in [3.8, 4) is 17.2 Å². The normalized spacial score (nSPS) is 12.0. The lowest BCUT2D eigenvalue weighted by Gasteiger charge is -2.25. The molecule has 1 aromatic carbocycles. The van der Waals surface area contributed by atoms with Gasteiger partial charge in [-0.3, -0.25) is 14.5 Å². The number of aromatic amines is 1. The third-order valence-corrected chi connectivity index (χ3v) is 5.28. The van der Waals surface area contributed by atoms with E-state index >= 15 is 0 Å². The molecule has 29 heavy (non-hydrogen) atoms. The Morgan fingerprint density at radius 1 is 1.07 bits per heavy atom. The summed E-state index contributed by atoms with van der Waals surface area (Å²) < 4.78 is 16.3. The van der Waals surface area contributed by atoms with Crippen LogP contribution in [-0.2, 0) is 6.54 Å². The minimum absolute atomic E-state index is 0.0497. The maximum absolute atomic E-state index is 13.1. The van der Waals surface area contributed by atoms with Crippen molar-refractivity contribution in [2.45, 2.75) is 40.3 Å². The zero-order valence-corrected chi connectivity index (χ0v) is 18.4. The molecule has 2 rings (SSSR count). The Morgan fingerprint density at radius 3 is 2.17 bits per heavy atom. The van der Waals surface area contributed by atoms with Gasteiger partial charge in [-0.2, -0.15) is 0 Å². The van der Waals surface area contributed by atoms with Gasteiger partial charge in [0.15, 0.2) is 23.1 Å². The number of nitrogens with zero attached hydrogens (tertiary/aromatic N) is 1. The van der Waals surface area contributed by atoms with Gasteiger partial charge in [0.1, 0.15) is 0 Å². The molecule has 0 fully saturated rings. The lowest BCUT2D eigenvalue weighted by atomic mass is 10.0. The lowest BCUT2D eigenvalue weighted by molar-refractivity contribution is 0.0855. The Bertz CT molecular complexity index is 916. The molecular formula is C22H30N2O5. The van der Waals surface area contributed by atoms with Crippen molar-refractivity contribution in [2.24, 2.45) is 0 Å². The molecule has 158 valence electrons. The molecule has 7 nitrogen and oxygen atoms in total. The fraction of sp³-hybridized carbons (Fsp3) is 0.455. The van der Waals surface area contributed by atoms with Crippen molar-refractivity contribution in [3.05, 3.63) is 40.2 Å². The largest absolute Gasteiger partial charge is 0.493 e. The Kier molecular flexibility index (Phi) is 7.08. The molecule has 1 heterocycles. The maximum Gasteiger partial charge on any atom is 0.203 e. The van der Waals surface area contributed by atoms with E-state index in [4.69, 9.17) is 14.2 Å². The highest BCUT2D eigenvalue weighted by atomic mass is 16.5. The van der Waals surface area contributed by atoms with Gasteiger partial charge in [0, 0.05) is 23.4 Å². The topological polar surface area (TPSA) is 80.9 Å². The van der Waals surface area contributed by atoms with Crippen molar-refractivity contribution in [3.63, 3.8) is 0 Å². The predicted octanol–water partition coefficient (Wildman–Crippen LogP) is 3.56. The zero-order chi connectivity index (χ0) is 21.9. The molecule has 0 aliphatic heterocycles. The van der Waals surface area contributed by atoms with E-state index in [9.17, 15) is 9.59 Å². The molecule has 0 bridgehead atoms. The fourth-order valence-corrected chi connectivity index (χ4v) is 3.63. The number of rotatable bonds is 9. The van der Waals surface area contributed by atoms with Crippen LogP contribution in [0.15, 0.2) is 12.1 Å². The quantitative estimate of drug-likeness (QED) is 0.646. The molecular weight excluding hydrogens is 372 g/mol. The summed E-state index contributed by atoms with van der Waals surface area (Å²) in [4.78, 5) is 30.0. The Morgan fingerprint density at radius 2 is 1.69 bits per heavy atom. The monoisotopic (exact) mass is 402 g/mol. The van der Waals surface area contributed by atoms with Crippen LogP contribution in [0, 0.1) is 13.8 Å². The van der Waals surface area contributed by atoms with Crippen LogP contribution < -0.4 is 14.2 Å². The summed E-state index contributed by atoms with van der Waals surface area (Å²) in [6, 6.07) is 3.30. The van der Waals surface area contributed by atoms with E-state index in [-0.39, 0.29) is 11.6 Å². The molecule has 0 aliphatic rings. The van der Waals surface area contributed by atoms with Crippen LogP contribution in [0.4, 0.5) is 0 Å². The molecule has 0 saturated heterocycles. The second-order valence-electron chi connectivity index (χ2n) is 7.13. The van der Waals surface area contributed by atoms with Gasteiger partial charge in [0.05, 0.1) is 33.1 Å². The van der Waals surface area contributed by atoms with Gasteiger partial charge >= 0.3 is 0 Å². The summed E-state index contributed by atoms with van der Waals surface area (Å²) in [5.74, 6) is 1.55. The van der Waals surface area contributed by atoms with Crippen LogP contribution in [0.2, 0.25) is 0 Å². The molecule has 0 amide bonds. The average molecular weight is 402 g/mol. The van der Waals surface area contributed by atoms with Gasteiger partial charge in [-0.15, -0.1) is 0 Å². The Balaban J connectivity index is 2.30. The molecule has 1 atom stereocenters. The molecule has 7 heteroatoms. The van der Waals surface area contributed by atoms with E-state index in [1.54, 1.807) is 28.3 Å². The number of nitrogens with one attached hydrogen (secondary N) is 1. The highest BCUT2D eigenvalue weighted by molar-refractivity contribution is 6.05. The number of Topliss-reactive ketones (excluding diaryl/α,β-unsaturated/α-hetero) is 2. The number of aryl methyl sites for hydroxylation is 1. The minimum atomic E-state index is -0.413. The van der Waals surface area contributed by atoms with Gasteiger partial charge in [-0.05, 0) is 46.4 Å². The van der Waals surface area contributed by atoms with Crippen molar-refractivity contribution in [2.75, 3.05) is 28.4 Å². The van der Waals surface area contributed by atoms with Gasteiger partial charge in [0.25, 0.3) is 0 Å². The Labute approximate surface area is 172 Å². The number of methoxy groups -OCH3 is 3. The number of likely N-dealkylation sites (N-methyl/N-ethyl adjacent to an activating group) is 1. The van der Waals surface area contributed by atoms with Gasteiger partial charge in [-0.1, -0.05) is 6.07 Å². The van der Waals surface area contributed by atoms with E-state index in [1.807, 2.05) is 37.9 Å². The molecule has 1 unspecified atom stereocenters. The number of benzene rings is 1. The van der Waals surface area contributed by atoms with Crippen LogP contribution >= 0.6 is 0 Å². The van der Waals surface area contributed by atoms with E-state index in [0.717, 1.165) is 11.3 Å². The second kappa shape index (κ2) is 9.13. The summed E-state index contributed by atoms with van der Waals surface area (Å²) in [7, 11) is 6.57. The second-order valence-corrected chi connectivity index (χ2v) is 7.13. The highest BCUT2D eigenvalue weighted by Crippen LogP contribution is 2.40. The van der Waals surface area contributed by atoms with Crippen LogP contribution in [-0.4, -0.2) is 55.9 Å². The fourth-order valence-electron chi connectivity index (χ4n) is 3.63. The third kappa shape index (κ3) is 4.29. The summed E-state index contributed by atoms with van der Waals surface area (Å²) in [6.45, 7) is 7.44. The third-order valence-electron chi connectivity index (χ3n) is 5.28. The molecule has 0 radical (unpaired) electrons. The first-order valence-corrected chi connectivity index (χ1v) is 9.40. The first-order valence-electron chi connectivity index (χ1n) is 9.40. The first kappa shape index (κ1) is 22.5. The summed E-state index contributed by atoms with van der Waals surface area (Å²) in [6.07, 6.45) is 0. The number of ketones is 2. The maximum atomic E-state index is 13.1. The van der Waals surface area contributed by atoms with Crippen LogP contribution in [0.25, 0.3) is 0 Å². The number of carbonyl (C=O) groups is 2. The van der Waals surface area contributed by atoms with Crippen LogP contribution in [0.3, 0.4) is 0 Å². The number of hydrogen-bond donors (Lipinski definition) is 1. The lowest BCUT2D eigenvalue weighted by Crippen LogP contribution is -2.36. The number of carbonyl (C=O) groups excluding carboxylic acids is 2. The van der Waals surface area contributed by atoms with Crippen molar-refractivity contribution in [1.82, 2.24) is 9.88 Å². The Hall–Kier alpha value is -2.80. The van der Waals surface area contributed by atoms with E-state index in [1.165, 1.54) is 6.92 Å². The summed E-state index contributed by atoms with van der Waals surface area (Å²) >= 11 is 0. The number of aromatic nitrogens is 1. The zero-order valence-electron chi connectivity index (χ0n) is 18.4. The van der Waals surface area contributed by atoms with Gasteiger partial charge in [0.2, 0.25) is 5.75 Å². The van der Waals surface area contributed by atoms with Gasteiger partial charge < -0.3 is 19.2 Å². The number of ether oxygens (including phenoxy) is 3. The van der Waals surface area contributed by atoms with Gasteiger partial charge in [-0.25, -0.2) is 0 Å². The van der Waals surface area contributed by atoms with Crippen molar-refractivity contribution in [1.29, 1.82) is 0 Å². The highest BCUT2D eigenvalue weighted by Gasteiger charge is 2.27. The molecule has 0 aliphatic carbocycles. The standard InChI is InChI=1S/C22H30N2O5/c1-12-18(15(4)25)13(2)23-19(12)20(26)14(3)24(5)11-16-9-10-17(27-6)22(29-8)21(16)28-7/h9-10,14,23H,11H2,1-8H3. The average Bonchev–Trinajstić information content (AvgIpc) is 3.00. The first-order chi connectivity index (χ1) is 13.7. The van der Waals surface area contributed by atoms with E-state index in [0.29, 0.717) is 40.6 Å².